The molecule has 158 valence electrons. The van der Waals surface area contributed by atoms with Crippen LogP contribution in [0.3, 0.4) is 0 Å². The number of nitrogens with one attached hydrogen (secondary N) is 1. The van der Waals surface area contributed by atoms with Crippen LogP contribution in [0.2, 0.25) is 0 Å². The summed E-state index contributed by atoms with van der Waals surface area (Å²) in [4.78, 5) is 16.3. The van der Waals surface area contributed by atoms with Crippen molar-refractivity contribution in [1.29, 1.82) is 0 Å². The van der Waals surface area contributed by atoms with Gasteiger partial charge in [-0.25, -0.2) is 8.78 Å². The molecule has 1 saturated heterocycles. The van der Waals surface area contributed by atoms with Crippen molar-refractivity contribution in [3.05, 3.63) is 59.7 Å². The fourth-order valence-corrected chi connectivity index (χ4v) is 4.75. The minimum atomic E-state index is -3.76. The first-order chi connectivity index (χ1) is 14.3. The molecule has 2 aromatic carbocycles. The molecule has 1 N–H and O–H groups in total. The molecule has 0 saturated carbocycles. The maximum Gasteiger partial charge on any atom is 0.286 e. The predicted molar refractivity (Wildman–Crippen MR) is 108 cm³/mol. The molecule has 1 amide bonds. The summed E-state index contributed by atoms with van der Waals surface area (Å²) >= 11 is 0. The van der Waals surface area contributed by atoms with E-state index in [1.165, 1.54) is 11.0 Å². The number of carbonyl (C=O) groups excluding carboxylic acids is 1. The Morgan fingerprint density at radius 2 is 1.87 bits per heavy atom. The molecule has 0 aliphatic carbocycles. The van der Waals surface area contributed by atoms with Gasteiger partial charge in [-0.05, 0) is 30.7 Å². The molecule has 7 nitrogen and oxygen atoms in total. The molecule has 0 spiro atoms. The Labute approximate surface area is 173 Å². The number of hydrogen-bond acceptors (Lipinski definition) is 5. The highest BCUT2D eigenvalue weighted by Gasteiger charge is 2.27. The molecule has 1 fully saturated rings. The van der Waals surface area contributed by atoms with Crippen LogP contribution in [0.5, 0.6) is 0 Å². The zero-order valence-corrected chi connectivity index (χ0v) is 16.8. The molecule has 0 radical (unpaired) electrons. The van der Waals surface area contributed by atoms with Gasteiger partial charge < -0.3 is 10.2 Å². The van der Waals surface area contributed by atoms with Crippen LogP contribution in [0.1, 0.15) is 16.8 Å². The summed E-state index contributed by atoms with van der Waals surface area (Å²) in [6.07, 6.45) is 0.630. The van der Waals surface area contributed by atoms with Crippen molar-refractivity contribution in [3.8, 4) is 0 Å². The van der Waals surface area contributed by atoms with Crippen molar-refractivity contribution in [1.82, 2.24) is 9.80 Å². The molecular weight excluding hydrogens is 414 g/mol. The molecule has 4 rings (SSSR count). The van der Waals surface area contributed by atoms with Crippen molar-refractivity contribution < 1.29 is 22.0 Å². The lowest BCUT2D eigenvalue weighted by Crippen LogP contribution is -2.39. The van der Waals surface area contributed by atoms with E-state index in [2.05, 4.69) is 9.71 Å². The number of carbonyl (C=O) groups is 1. The molecule has 2 aromatic rings. The Balaban J connectivity index is 1.43. The van der Waals surface area contributed by atoms with E-state index in [1.807, 2.05) is 4.90 Å². The van der Waals surface area contributed by atoms with Gasteiger partial charge in [0.1, 0.15) is 22.4 Å². The van der Waals surface area contributed by atoms with E-state index < -0.39 is 27.6 Å². The van der Waals surface area contributed by atoms with E-state index in [-0.39, 0.29) is 17.0 Å². The van der Waals surface area contributed by atoms with Crippen LogP contribution in [0.15, 0.2) is 51.8 Å². The summed E-state index contributed by atoms with van der Waals surface area (Å²) in [6, 6.07) is 9.48. The number of fused-ring (bicyclic) bond motifs is 1. The maximum absolute atomic E-state index is 14.0. The third-order valence-corrected chi connectivity index (χ3v) is 6.46. The van der Waals surface area contributed by atoms with Crippen LogP contribution in [-0.2, 0) is 10.0 Å². The molecule has 2 aliphatic rings. The van der Waals surface area contributed by atoms with Crippen molar-refractivity contribution in [3.63, 3.8) is 0 Å². The number of sulfonamides is 1. The summed E-state index contributed by atoms with van der Waals surface area (Å²) in [5.41, 5.74) is 0.326. The number of amidine groups is 1. The number of rotatable bonds is 3. The molecule has 2 aliphatic heterocycles. The van der Waals surface area contributed by atoms with Gasteiger partial charge in [0, 0.05) is 32.2 Å². The zero-order valence-electron chi connectivity index (χ0n) is 16.0. The lowest BCUT2D eigenvalue weighted by Gasteiger charge is -2.24. The summed E-state index contributed by atoms with van der Waals surface area (Å²) in [7, 11) is -3.76. The number of hydrogen-bond donors (Lipinski definition) is 1. The van der Waals surface area contributed by atoms with Gasteiger partial charge in [-0.1, -0.05) is 12.1 Å². The normalized spacial score (nSPS) is 18.7. The van der Waals surface area contributed by atoms with Crippen LogP contribution in [0, 0.1) is 11.6 Å². The third kappa shape index (κ3) is 4.19. The van der Waals surface area contributed by atoms with E-state index in [4.69, 9.17) is 0 Å². The Hall–Kier alpha value is -2.85. The standard InChI is InChI=1S/C20H20F2N4O3S/c21-14-6-7-15(16(22)12-14)20(27)26-9-3-8-25(10-11-26)13-19-23-17-4-1-2-5-18(17)30(28,29)24-19/h1-2,4-7,12H,3,8-11,13H2,(H,23,24). The Bertz CT molecular complexity index is 1120. The first kappa shape index (κ1) is 20.4. The average molecular weight is 434 g/mol. The maximum atomic E-state index is 14.0. The first-order valence-electron chi connectivity index (χ1n) is 9.50. The summed E-state index contributed by atoms with van der Waals surface area (Å²) < 4.78 is 55.7. The molecule has 0 bridgehead atoms. The van der Waals surface area contributed by atoms with E-state index in [9.17, 15) is 22.0 Å². The van der Waals surface area contributed by atoms with Gasteiger partial charge in [-0.2, -0.15) is 8.42 Å². The van der Waals surface area contributed by atoms with Crippen LogP contribution in [0.25, 0.3) is 0 Å². The third-order valence-electron chi connectivity index (χ3n) is 5.08. The minimum Gasteiger partial charge on any atom is -0.341 e. The van der Waals surface area contributed by atoms with E-state index in [1.54, 1.807) is 18.2 Å². The number of anilines is 1. The van der Waals surface area contributed by atoms with Gasteiger partial charge in [0.2, 0.25) is 0 Å². The van der Waals surface area contributed by atoms with Gasteiger partial charge >= 0.3 is 0 Å². The number of halogens is 2. The summed E-state index contributed by atoms with van der Waals surface area (Å²) in [5.74, 6) is -1.79. The number of nitrogens with zero attached hydrogens (tertiary/aromatic N) is 3. The van der Waals surface area contributed by atoms with Crippen LogP contribution < -0.4 is 5.32 Å². The fourth-order valence-electron chi connectivity index (χ4n) is 3.61. The molecule has 0 aromatic heterocycles. The zero-order chi connectivity index (χ0) is 21.3. The summed E-state index contributed by atoms with van der Waals surface area (Å²) in [5, 5.41) is 3.06. The molecule has 0 unspecified atom stereocenters. The van der Waals surface area contributed by atoms with Gasteiger partial charge in [-0.15, -0.1) is 4.40 Å². The minimum absolute atomic E-state index is 0.141. The lowest BCUT2D eigenvalue weighted by atomic mass is 10.1. The smallest absolute Gasteiger partial charge is 0.286 e. The van der Waals surface area contributed by atoms with Gasteiger partial charge in [0.15, 0.2) is 0 Å². The molecular formula is C20H20F2N4O3S. The van der Waals surface area contributed by atoms with Gasteiger partial charge in [0.25, 0.3) is 15.9 Å². The van der Waals surface area contributed by atoms with Crippen LogP contribution in [0.4, 0.5) is 14.5 Å². The SMILES string of the molecule is O=C(c1ccc(F)cc1F)N1CCCN(CC2=NS(=O)(=O)c3ccccc3N2)CC1. The Morgan fingerprint density at radius 3 is 2.67 bits per heavy atom. The van der Waals surface area contributed by atoms with Crippen LogP contribution in [-0.4, -0.2) is 62.7 Å². The average Bonchev–Trinajstić information content (AvgIpc) is 2.93. The largest absolute Gasteiger partial charge is 0.341 e. The van der Waals surface area contributed by atoms with Gasteiger partial charge in [-0.3, -0.25) is 9.69 Å². The predicted octanol–water partition coefficient (Wildman–Crippen LogP) is 2.33. The number of benzene rings is 2. The Morgan fingerprint density at radius 1 is 1.07 bits per heavy atom. The lowest BCUT2D eigenvalue weighted by molar-refractivity contribution is 0.0757. The fraction of sp³-hybridized carbons (Fsp3) is 0.300. The van der Waals surface area contributed by atoms with Crippen molar-refractivity contribution in [2.75, 3.05) is 38.0 Å². The van der Waals surface area contributed by atoms with E-state index >= 15 is 0 Å². The molecule has 10 heteroatoms. The highest BCUT2D eigenvalue weighted by atomic mass is 32.2. The highest BCUT2D eigenvalue weighted by Crippen LogP contribution is 2.26. The van der Waals surface area contributed by atoms with Crippen molar-refractivity contribution in [2.45, 2.75) is 11.3 Å². The molecule has 2 heterocycles. The second-order valence-electron chi connectivity index (χ2n) is 7.18. The molecule has 30 heavy (non-hydrogen) atoms. The number of amides is 1. The molecule has 0 atom stereocenters. The second kappa shape index (κ2) is 8.11. The van der Waals surface area contributed by atoms with E-state index in [0.29, 0.717) is 50.2 Å². The highest BCUT2D eigenvalue weighted by molar-refractivity contribution is 7.90. The summed E-state index contributed by atoms with van der Waals surface area (Å²) in [6.45, 7) is 2.13. The van der Waals surface area contributed by atoms with Gasteiger partial charge in [0.05, 0.1) is 17.8 Å². The topological polar surface area (TPSA) is 82.1 Å². The Kier molecular flexibility index (Phi) is 5.52. The van der Waals surface area contributed by atoms with Crippen molar-refractivity contribution >= 4 is 27.5 Å². The number of para-hydroxylation sites is 1. The monoisotopic (exact) mass is 434 g/mol. The van der Waals surface area contributed by atoms with Crippen molar-refractivity contribution in [2.24, 2.45) is 4.40 Å². The quantitative estimate of drug-likeness (QED) is 0.802. The second-order valence-corrected chi connectivity index (χ2v) is 8.75. The van der Waals surface area contributed by atoms with Crippen LogP contribution >= 0.6 is 0 Å². The first-order valence-corrected chi connectivity index (χ1v) is 10.9. The van der Waals surface area contributed by atoms with E-state index in [0.717, 1.165) is 12.1 Å².